The molecule has 1 rings (SSSR count). The lowest BCUT2D eigenvalue weighted by Gasteiger charge is -2.34. The van der Waals surface area contributed by atoms with E-state index in [4.69, 9.17) is 5.73 Å². The second-order valence-corrected chi connectivity index (χ2v) is 4.16. The molecule has 0 aromatic carbocycles. The van der Waals surface area contributed by atoms with Gasteiger partial charge in [0.15, 0.2) is 0 Å². The van der Waals surface area contributed by atoms with Gasteiger partial charge in [-0.25, -0.2) is 0 Å². The molecule has 1 aliphatic rings. The SMILES string of the molecule is CNC(=O)C1CCCCN1CCCCN. The monoisotopic (exact) mass is 213 g/mol. The van der Waals surface area contributed by atoms with E-state index in [-0.39, 0.29) is 11.9 Å². The van der Waals surface area contributed by atoms with E-state index >= 15 is 0 Å². The van der Waals surface area contributed by atoms with Gasteiger partial charge in [0.25, 0.3) is 0 Å². The number of nitrogens with zero attached hydrogens (tertiary/aromatic N) is 1. The summed E-state index contributed by atoms with van der Waals surface area (Å²) in [6.45, 7) is 2.82. The topological polar surface area (TPSA) is 58.4 Å². The van der Waals surface area contributed by atoms with Gasteiger partial charge in [0, 0.05) is 7.05 Å². The van der Waals surface area contributed by atoms with Gasteiger partial charge >= 0.3 is 0 Å². The predicted octanol–water partition coefficient (Wildman–Crippen LogP) is 0.326. The van der Waals surface area contributed by atoms with Crippen molar-refractivity contribution in [1.82, 2.24) is 10.2 Å². The van der Waals surface area contributed by atoms with E-state index in [0.717, 1.165) is 38.9 Å². The molecule has 0 aromatic heterocycles. The Morgan fingerprint density at radius 1 is 1.47 bits per heavy atom. The molecule has 0 radical (unpaired) electrons. The quantitative estimate of drug-likeness (QED) is 0.647. The summed E-state index contributed by atoms with van der Waals surface area (Å²) in [5.74, 6) is 0.169. The fourth-order valence-corrected chi connectivity index (χ4v) is 2.18. The number of rotatable bonds is 5. The molecule has 1 amide bonds. The molecule has 1 saturated heterocycles. The molecule has 1 aliphatic heterocycles. The van der Waals surface area contributed by atoms with E-state index in [1.54, 1.807) is 7.05 Å². The number of carbonyl (C=O) groups excluding carboxylic acids is 1. The van der Waals surface area contributed by atoms with Gasteiger partial charge in [-0.2, -0.15) is 0 Å². The minimum Gasteiger partial charge on any atom is -0.358 e. The summed E-state index contributed by atoms with van der Waals surface area (Å²) in [7, 11) is 1.72. The van der Waals surface area contributed by atoms with Gasteiger partial charge in [0.05, 0.1) is 6.04 Å². The van der Waals surface area contributed by atoms with E-state index < -0.39 is 0 Å². The molecule has 4 nitrogen and oxygen atoms in total. The number of unbranched alkanes of at least 4 members (excludes halogenated alkanes) is 1. The Hall–Kier alpha value is -0.610. The van der Waals surface area contributed by atoms with Gasteiger partial charge in [-0.15, -0.1) is 0 Å². The van der Waals surface area contributed by atoms with E-state index in [9.17, 15) is 4.79 Å². The highest BCUT2D eigenvalue weighted by Crippen LogP contribution is 2.17. The predicted molar refractivity (Wildman–Crippen MR) is 61.6 cm³/mol. The number of nitrogens with two attached hydrogens (primary N) is 1. The molecule has 88 valence electrons. The van der Waals surface area contributed by atoms with Crippen LogP contribution in [-0.4, -0.2) is 43.5 Å². The third kappa shape index (κ3) is 3.80. The normalized spacial score (nSPS) is 22.7. The van der Waals surface area contributed by atoms with Crippen molar-refractivity contribution in [1.29, 1.82) is 0 Å². The van der Waals surface area contributed by atoms with Crippen LogP contribution >= 0.6 is 0 Å². The lowest BCUT2D eigenvalue weighted by molar-refractivity contribution is -0.127. The van der Waals surface area contributed by atoms with Crippen molar-refractivity contribution in [3.63, 3.8) is 0 Å². The van der Waals surface area contributed by atoms with Crippen molar-refractivity contribution < 1.29 is 4.79 Å². The fraction of sp³-hybridized carbons (Fsp3) is 0.909. The molecular weight excluding hydrogens is 190 g/mol. The number of carbonyl (C=O) groups is 1. The maximum atomic E-state index is 11.6. The van der Waals surface area contributed by atoms with E-state index in [1.807, 2.05) is 0 Å². The molecular formula is C11H23N3O. The first-order valence-electron chi connectivity index (χ1n) is 5.95. The zero-order valence-corrected chi connectivity index (χ0v) is 9.67. The second-order valence-electron chi connectivity index (χ2n) is 4.16. The maximum absolute atomic E-state index is 11.6. The van der Waals surface area contributed by atoms with Crippen LogP contribution in [0.15, 0.2) is 0 Å². The molecule has 0 spiro atoms. The molecule has 0 aromatic rings. The van der Waals surface area contributed by atoms with E-state index in [1.165, 1.54) is 12.8 Å². The van der Waals surface area contributed by atoms with Crippen LogP contribution in [0.5, 0.6) is 0 Å². The van der Waals surface area contributed by atoms with Crippen molar-refractivity contribution in [2.24, 2.45) is 5.73 Å². The number of hydrogen-bond donors (Lipinski definition) is 2. The fourth-order valence-electron chi connectivity index (χ4n) is 2.18. The van der Waals surface area contributed by atoms with Gasteiger partial charge in [-0.3, -0.25) is 9.69 Å². The zero-order valence-electron chi connectivity index (χ0n) is 9.67. The van der Waals surface area contributed by atoms with Crippen molar-refractivity contribution >= 4 is 5.91 Å². The highest BCUT2D eigenvalue weighted by molar-refractivity contribution is 5.81. The zero-order chi connectivity index (χ0) is 11.1. The lowest BCUT2D eigenvalue weighted by Crippen LogP contribution is -2.48. The van der Waals surface area contributed by atoms with Crippen molar-refractivity contribution in [3.05, 3.63) is 0 Å². The largest absolute Gasteiger partial charge is 0.358 e. The van der Waals surface area contributed by atoms with Gasteiger partial charge in [0.1, 0.15) is 0 Å². The van der Waals surface area contributed by atoms with Crippen LogP contribution in [0.3, 0.4) is 0 Å². The van der Waals surface area contributed by atoms with Crippen LogP contribution in [0, 0.1) is 0 Å². The van der Waals surface area contributed by atoms with Gasteiger partial charge in [-0.05, 0) is 45.3 Å². The highest BCUT2D eigenvalue weighted by Gasteiger charge is 2.26. The smallest absolute Gasteiger partial charge is 0.237 e. The molecule has 1 heterocycles. The minimum absolute atomic E-state index is 0.0986. The van der Waals surface area contributed by atoms with Gasteiger partial charge in [-0.1, -0.05) is 6.42 Å². The molecule has 1 unspecified atom stereocenters. The number of nitrogens with one attached hydrogen (secondary N) is 1. The summed E-state index contributed by atoms with van der Waals surface area (Å²) in [6.07, 6.45) is 5.55. The first-order chi connectivity index (χ1) is 7.29. The summed E-state index contributed by atoms with van der Waals surface area (Å²) in [4.78, 5) is 13.9. The lowest BCUT2D eigenvalue weighted by atomic mass is 10.0. The van der Waals surface area contributed by atoms with Gasteiger partial charge < -0.3 is 11.1 Å². The van der Waals surface area contributed by atoms with Crippen molar-refractivity contribution in [2.45, 2.75) is 38.1 Å². The molecule has 15 heavy (non-hydrogen) atoms. The molecule has 4 heteroatoms. The molecule has 0 saturated carbocycles. The molecule has 1 fully saturated rings. The summed E-state index contributed by atoms with van der Waals surface area (Å²) in [5.41, 5.74) is 5.47. The van der Waals surface area contributed by atoms with Crippen LogP contribution in [0.4, 0.5) is 0 Å². The average Bonchev–Trinajstić information content (AvgIpc) is 2.29. The van der Waals surface area contributed by atoms with E-state index in [2.05, 4.69) is 10.2 Å². The Morgan fingerprint density at radius 2 is 2.27 bits per heavy atom. The van der Waals surface area contributed by atoms with Crippen LogP contribution in [0.2, 0.25) is 0 Å². The van der Waals surface area contributed by atoms with Gasteiger partial charge in [0.2, 0.25) is 5.91 Å². The molecule has 0 aliphatic carbocycles. The number of likely N-dealkylation sites (tertiary alicyclic amines) is 1. The molecule has 3 N–H and O–H groups in total. The Labute approximate surface area is 92.2 Å². The Balaban J connectivity index is 2.39. The summed E-state index contributed by atoms with van der Waals surface area (Å²) >= 11 is 0. The second kappa shape index (κ2) is 6.80. The third-order valence-electron chi connectivity index (χ3n) is 3.06. The maximum Gasteiger partial charge on any atom is 0.237 e. The average molecular weight is 213 g/mol. The number of piperidine rings is 1. The summed E-state index contributed by atoms with van der Waals surface area (Å²) in [6, 6.07) is 0.0986. The Bertz CT molecular complexity index is 196. The third-order valence-corrected chi connectivity index (χ3v) is 3.06. The highest BCUT2D eigenvalue weighted by atomic mass is 16.2. The van der Waals surface area contributed by atoms with Crippen molar-refractivity contribution in [2.75, 3.05) is 26.7 Å². The first-order valence-corrected chi connectivity index (χ1v) is 5.95. The van der Waals surface area contributed by atoms with Crippen LogP contribution in [0.25, 0.3) is 0 Å². The summed E-state index contributed by atoms with van der Waals surface area (Å²) in [5, 5.41) is 2.75. The number of likely N-dealkylation sites (N-methyl/N-ethyl adjacent to an activating group) is 1. The minimum atomic E-state index is 0.0986. The molecule has 0 bridgehead atoms. The standard InChI is InChI=1S/C11H23N3O/c1-13-11(15)10-6-2-4-8-14(10)9-5-3-7-12/h10H,2-9,12H2,1H3,(H,13,15). The number of amides is 1. The van der Waals surface area contributed by atoms with Crippen LogP contribution in [0.1, 0.15) is 32.1 Å². The van der Waals surface area contributed by atoms with Crippen LogP contribution < -0.4 is 11.1 Å². The van der Waals surface area contributed by atoms with E-state index in [0.29, 0.717) is 0 Å². The first kappa shape index (κ1) is 12.5. The number of hydrogen-bond acceptors (Lipinski definition) is 3. The Morgan fingerprint density at radius 3 is 2.93 bits per heavy atom. The Kier molecular flexibility index (Phi) is 5.65. The summed E-state index contributed by atoms with van der Waals surface area (Å²) < 4.78 is 0. The molecule has 1 atom stereocenters. The van der Waals surface area contributed by atoms with Crippen LogP contribution in [-0.2, 0) is 4.79 Å². The van der Waals surface area contributed by atoms with Crippen molar-refractivity contribution in [3.8, 4) is 0 Å².